The molecule has 0 saturated carbocycles. The molecule has 0 spiro atoms. The highest BCUT2D eigenvalue weighted by Gasteiger charge is 2.22. The Morgan fingerprint density at radius 2 is 2.05 bits per heavy atom. The van der Waals surface area contributed by atoms with Gasteiger partial charge in [-0.15, -0.1) is 12.4 Å². The van der Waals surface area contributed by atoms with Crippen molar-refractivity contribution in [3.05, 3.63) is 35.4 Å². The van der Waals surface area contributed by atoms with Crippen LogP contribution >= 0.6 is 12.4 Å². The molecule has 2 atom stereocenters. The van der Waals surface area contributed by atoms with Crippen LogP contribution in [0.25, 0.3) is 0 Å². The van der Waals surface area contributed by atoms with Gasteiger partial charge in [-0.3, -0.25) is 4.79 Å². The van der Waals surface area contributed by atoms with Crippen LogP contribution in [0.15, 0.2) is 24.3 Å². The Kier molecular flexibility index (Phi) is 7.03. The van der Waals surface area contributed by atoms with Crippen molar-refractivity contribution in [2.45, 2.75) is 39.2 Å². The van der Waals surface area contributed by atoms with Crippen molar-refractivity contribution in [3.8, 4) is 0 Å². The smallest absolute Gasteiger partial charge is 0.251 e. The standard InChI is InChI=1S/C16H24N2O.ClH/c1-3-4-13-5-7-14(8-6-13)16(19)18-15-9-10-17-11-12(15)2;/h5-8,12,15,17H,3-4,9-11H2,1-2H3,(H,18,19);1H. The molecule has 2 N–H and O–H groups in total. The number of nitrogens with one attached hydrogen (secondary N) is 2. The number of carbonyl (C=O) groups excluding carboxylic acids is 1. The number of hydrogen-bond acceptors (Lipinski definition) is 2. The van der Waals surface area contributed by atoms with Gasteiger partial charge >= 0.3 is 0 Å². The molecule has 4 heteroatoms. The van der Waals surface area contributed by atoms with Gasteiger partial charge < -0.3 is 10.6 Å². The van der Waals surface area contributed by atoms with E-state index in [1.54, 1.807) is 0 Å². The highest BCUT2D eigenvalue weighted by molar-refractivity contribution is 5.94. The van der Waals surface area contributed by atoms with E-state index in [4.69, 9.17) is 0 Å². The topological polar surface area (TPSA) is 41.1 Å². The molecule has 3 nitrogen and oxygen atoms in total. The van der Waals surface area contributed by atoms with E-state index in [0.717, 1.165) is 37.9 Å². The van der Waals surface area contributed by atoms with Crippen LogP contribution in [-0.2, 0) is 6.42 Å². The Labute approximate surface area is 127 Å². The van der Waals surface area contributed by atoms with E-state index in [-0.39, 0.29) is 18.3 Å². The number of carbonyl (C=O) groups is 1. The van der Waals surface area contributed by atoms with Gasteiger partial charge in [-0.05, 0) is 49.5 Å². The maximum atomic E-state index is 12.2. The first-order valence-corrected chi connectivity index (χ1v) is 7.31. The van der Waals surface area contributed by atoms with E-state index in [9.17, 15) is 4.79 Å². The average Bonchev–Trinajstić information content (AvgIpc) is 2.42. The molecular weight excluding hydrogens is 272 g/mol. The first-order valence-electron chi connectivity index (χ1n) is 7.31. The second-order valence-corrected chi connectivity index (χ2v) is 5.50. The fourth-order valence-corrected chi connectivity index (χ4v) is 2.59. The van der Waals surface area contributed by atoms with Crippen LogP contribution in [0.2, 0.25) is 0 Å². The molecule has 1 aromatic carbocycles. The van der Waals surface area contributed by atoms with Crippen molar-refractivity contribution in [1.82, 2.24) is 10.6 Å². The van der Waals surface area contributed by atoms with Gasteiger partial charge in [0.15, 0.2) is 0 Å². The Balaban J connectivity index is 0.00000200. The predicted octanol–water partition coefficient (Wildman–Crippen LogP) is 2.79. The summed E-state index contributed by atoms with van der Waals surface area (Å²) in [5, 5.41) is 6.51. The van der Waals surface area contributed by atoms with Crippen molar-refractivity contribution in [2.24, 2.45) is 5.92 Å². The lowest BCUT2D eigenvalue weighted by Gasteiger charge is -2.30. The highest BCUT2D eigenvalue weighted by atomic mass is 35.5. The largest absolute Gasteiger partial charge is 0.349 e. The van der Waals surface area contributed by atoms with Crippen molar-refractivity contribution in [3.63, 3.8) is 0 Å². The molecule has 0 aromatic heterocycles. The maximum absolute atomic E-state index is 12.2. The summed E-state index contributed by atoms with van der Waals surface area (Å²) in [5.74, 6) is 0.555. The summed E-state index contributed by atoms with van der Waals surface area (Å²) in [5.41, 5.74) is 2.07. The molecule has 0 radical (unpaired) electrons. The van der Waals surface area contributed by atoms with E-state index < -0.39 is 0 Å². The van der Waals surface area contributed by atoms with Gasteiger partial charge in [0.05, 0.1) is 0 Å². The first kappa shape index (κ1) is 17.0. The van der Waals surface area contributed by atoms with Crippen LogP contribution in [0.4, 0.5) is 0 Å². The summed E-state index contributed by atoms with van der Waals surface area (Å²) >= 11 is 0. The minimum absolute atomic E-state index is 0. The zero-order valence-electron chi connectivity index (χ0n) is 12.3. The number of benzene rings is 1. The normalized spacial score (nSPS) is 21.9. The second kappa shape index (κ2) is 8.28. The lowest BCUT2D eigenvalue weighted by Crippen LogP contribution is -2.48. The molecule has 0 aliphatic carbocycles. The molecule has 1 aliphatic heterocycles. The molecule has 1 fully saturated rings. The van der Waals surface area contributed by atoms with Crippen molar-refractivity contribution in [1.29, 1.82) is 0 Å². The van der Waals surface area contributed by atoms with Gasteiger partial charge in [0.1, 0.15) is 0 Å². The molecule has 1 amide bonds. The monoisotopic (exact) mass is 296 g/mol. The zero-order chi connectivity index (χ0) is 13.7. The number of piperidine rings is 1. The van der Waals surface area contributed by atoms with E-state index in [0.29, 0.717) is 12.0 Å². The van der Waals surface area contributed by atoms with E-state index in [2.05, 4.69) is 36.6 Å². The van der Waals surface area contributed by atoms with Crippen LogP contribution in [0.1, 0.15) is 42.6 Å². The summed E-state index contributed by atoms with van der Waals surface area (Å²) in [6.45, 7) is 6.33. The second-order valence-electron chi connectivity index (χ2n) is 5.50. The third-order valence-electron chi connectivity index (χ3n) is 3.86. The fourth-order valence-electron chi connectivity index (χ4n) is 2.59. The van der Waals surface area contributed by atoms with Crippen LogP contribution in [0, 0.1) is 5.92 Å². The van der Waals surface area contributed by atoms with Crippen molar-refractivity contribution in [2.75, 3.05) is 13.1 Å². The van der Waals surface area contributed by atoms with Gasteiger partial charge in [0.25, 0.3) is 5.91 Å². The highest BCUT2D eigenvalue weighted by Crippen LogP contribution is 2.12. The molecule has 2 unspecified atom stereocenters. The lowest BCUT2D eigenvalue weighted by atomic mass is 9.95. The summed E-state index contributed by atoms with van der Waals surface area (Å²) < 4.78 is 0. The van der Waals surface area contributed by atoms with Gasteiger partial charge in [-0.25, -0.2) is 0 Å². The lowest BCUT2D eigenvalue weighted by molar-refractivity contribution is 0.0914. The van der Waals surface area contributed by atoms with Crippen molar-refractivity contribution >= 4 is 18.3 Å². The number of rotatable bonds is 4. The number of hydrogen-bond donors (Lipinski definition) is 2. The maximum Gasteiger partial charge on any atom is 0.251 e. The molecule has 20 heavy (non-hydrogen) atoms. The zero-order valence-corrected chi connectivity index (χ0v) is 13.1. The van der Waals surface area contributed by atoms with Crippen LogP contribution in [0.5, 0.6) is 0 Å². The quantitative estimate of drug-likeness (QED) is 0.897. The average molecular weight is 297 g/mol. The van der Waals surface area contributed by atoms with Gasteiger partial charge in [0, 0.05) is 11.6 Å². The van der Waals surface area contributed by atoms with E-state index in [1.807, 2.05) is 12.1 Å². The third-order valence-corrected chi connectivity index (χ3v) is 3.86. The van der Waals surface area contributed by atoms with Gasteiger partial charge in [-0.2, -0.15) is 0 Å². The molecule has 1 heterocycles. The summed E-state index contributed by atoms with van der Waals surface area (Å²) in [4.78, 5) is 12.2. The van der Waals surface area contributed by atoms with E-state index in [1.165, 1.54) is 5.56 Å². The Morgan fingerprint density at radius 3 is 2.65 bits per heavy atom. The summed E-state index contributed by atoms with van der Waals surface area (Å²) in [6.07, 6.45) is 3.23. The SMILES string of the molecule is CCCc1ccc(C(=O)NC2CCNCC2C)cc1.Cl. The van der Waals surface area contributed by atoms with Gasteiger partial charge in [-0.1, -0.05) is 32.4 Å². The molecular formula is C16H25ClN2O. The molecule has 112 valence electrons. The molecule has 1 aliphatic rings. The van der Waals surface area contributed by atoms with Crippen LogP contribution in [0.3, 0.4) is 0 Å². The Morgan fingerprint density at radius 1 is 1.35 bits per heavy atom. The first-order chi connectivity index (χ1) is 9.20. The number of amides is 1. The van der Waals surface area contributed by atoms with E-state index >= 15 is 0 Å². The fraction of sp³-hybridized carbons (Fsp3) is 0.562. The minimum atomic E-state index is 0. The molecule has 1 aromatic rings. The van der Waals surface area contributed by atoms with Crippen molar-refractivity contribution < 1.29 is 4.79 Å². The molecule has 1 saturated heterocycles. The molecule has 2 rings (SSSR count). The molecule has 0 bridgehead atoms. The predicted molar refractivity (Wildman–Crippen MR) is 85.6 cm³/mol. The summed E-state index contributed by atoms with van der Waals surface area (Å²) in [6, 6.07) is 8.29. The third kappa shape index (κ3) is 4.50. The number of halogens is 1. The van der Waals surface area contributed by atoms with Gasteiger partial charge in [0.2, 0.25) is 0 Å². The number of aryl methyl sites for hydroxylation is 1. The minimum Gasteiger partial charge on any atom is -0.349 e. The Bertz CT molecular complexity index is 419. The Hall–Kier alpha value is -1.06. The van der Waals surface area contributed by atoms with Crippen LogP contribution in [-0.4, -0.2) is 25.0 Å². The summed E-state index contributed by atoms with van der Waals surface area (Å²) in [7, 11) is 0. The van der Waals surface area contributed by atoms with Crippen LogP contribution < -0.4 is 10.6 Å².